The average Bonchev–Trinajstić information content (AvgIpc) is 2.17. The Labute approximate surface area is 98.9 Å². The molecule has 3 heteroatoms. The monoisotopic (exact) mass is 290 g/mol. The number of hydrogen-bond acceptors (Lipinski definition) is 1. The molecule has 1 nitrogen and oxygen atoms in total. The summed E-state index contributed by atoms with van der Waals surface area (Å²) in [5.41, 5.74) is 0.465. The van der Waals surface area contributed by atoms with E-state index in [2.05, 4.69) is 25.5 Å². The fraction of sp³-hybridized carbons (Fsp3) is 0.667. The first kappa shape index (κ1) is 11.7. The molecule has 1 aliphatic heterocycles. The fourth-order valence-electron chi connectivity index (χ4n) is 2.61. The number of allylic oxidation sites excluding steroid dienone is 2. The average molecular weight is 289 g/mol. The van der Waals surface area contributed by atoms with Crippen molar-refractivity contribution in [3.8, 4) is 0 Å². The van der Waals surface area contributed by atoms with Crippen LogP contribution in [0.3, 0.4) is 0 Å². The normalized spacial score (nSPS) is 27.1. The van der Waals surface area contributed by atoms with Crippen LogP contribution in [0, 0.1) is 0 Å². The molecule has 1 heterocycles. The zero-order chi connectivity index (χ0) is 10.9. The van der Waals surface area contributed by atoms with Crippen molar-refractivity contribution in [2.45, 2.75) is 51.6 Å². The summed E-state index contributed by atoms with van der Waals surface area (Å²) in [5, 5.41) is 0. The SMILES string of the molecule is CC1=CP(=O)(C2CCCCC2)C=C(C)[Se]1. The van der Waals surface area contributed by atoms with Crippen molar-refractivity contribution in [2.75, 3.05) is 0 Å². The summed E-state index contributed by atoms with van der Waals surface area (Å²) in [6.07, 6.45) is 6.25. The standard InChI is InChI=1S/C12H19OPSe/c1-10-8-14(13,9-11(2)15-10)12-6-4-3-5-7-12/h8-9,12H,3-7H2,1-2H3. The van der Waals surface area contributed by atoms with Crippen molar-refractivity contribution in [3.05, 3.63) is 20.6 Å². The molecule has 84 valence electrons. The van der Waals surface area contributed by atoms with Crippen molar-refractivity contribution in [3.63, 3.8) is 0 Å². The van der Waals surface area contributed by atoms with E-state index in [4.69, 9.17) is 0 Å². The molecule has 0 radical (unpaired) electrons. The molecule has 0 unspecified atom stereocenters. The molecule has 1 aliphatic carbocycles. The number of hydrogen-bond donors (Lipinski definition) is 0. The van der Waals surface area contributed by atoms with E-state index >= 15 is 0 Å². The Morgan fingerprint density at radius 2 is 1.67 bits per heavy atom. The maximum absolute atomic E-state index is 12.9. The summed E-state index contributed by atoms with van der Waals surface area (Å²) in [6.45, 7) is 4.29. The summed E-state index contributed by atoms with van der Waals surface area (Å²) in [7, 11) is -2.11. The van der Waals surface area contributed by atoms with Gasteiger partial charge in [0, 0.05) is 0 Å². The molecule has 1 fully saturated rings. The van der Waals surface area contributed by atoms with Crippen LogP contribution in [0.1, 0.15) is 46.0 Å². The van der Waals surface area contributed by atoms with Crippen LogP contribution < -0.4 is 0 Å². The minimum atomic E-state index is -2.11. The van der Waals surface area contributed by atoms with E-state index in [1.54, 1.807) is 0 Å². The van der Waals surface area contributed by atoms with Gasteiger partial charge in [-0.2, -0.15) is 0 Å². The van der Waals surface area contributed by atoms with Crippen molar-refractivity contribution in [1.82, 2.24) is 0 Å². The van der Waals surface area contributed by atoms with Crippen molar-refractivity contribution in [2.24, 2.45) is 0 Å². The Bertz CT molecular complexity index is 329. The van der Waals surface area contributed by atoms with Gasteiger partial charge in [0.15, 0.2) is 0 Å². The van der Waals surface area contributed by atoms with Gasteiger partial charge < -0.3 is 0 Å². The summed E-state index contributed by atoms with van der Waals surface area (Å²) < 4.78 is 15.6. The second-order valence-electron chi connectivity index (χ2n) is 4.64. The van der Waals surface area contributed by atoms with Crippen LogP contribution in [0.25, 0.3) is 0 Å². The molecule has 0 spiro atoms. The molecule has 15 heavy (non-hydrogen) atoms. The van der Waals surface area contributed by atoms with Crippen LogP contribution in [0.4, 0.5) is 0 Å². The van der Waals surface area contributed by atoms with E-state index in [9.17, 15) is 4.57 Å². The third kappa shape index (κ3) is 2.67. The van der Waals surface area contributed by atoms with E-state index in [0.29, 0.717) is 20.6 Å². The van der Waals surface area contributed by atoms with Gasteiger partial charge in [0.2, 0.25) is 0 Å². The van der Waals surface area contributed by atoms with Crippen LogP contribution in [0.15, 0.2) is 20.6 Å². The zero-order valence-electron chi connectivity index (χ0n) is 9.53. The Balaban J connectivity index is 2.24. The molecular weight excluding hydrogens is 270 g/mol. The molecule has 1 saturated carbocycles. The van der Waals surface area contributed by atoms with Gasteiger partial charge >= 0.3 is 98.9 Å². The van der Waals surface area contributed by atoms with Crippen molar-refractivity contribution >= 4 is 22.1 Å². The third-order valence-corrected chi connectivity index (χ3v) is 9.10. The van der Waals surface area contributed by atoms with Crippen molar-refractivity contribution < 1.29 is 4.57 Å². The first-order valence-corrected chi connectivity index (χ1v) is 9.39. The van der Waals surface area contributed by atoms with Crippen LogP contribution in [0.2, 0.25) is 0 Å². The first-order chi connectivity index (χ1) is 7.10. The first-order valence-electron chi connectivity index (χ1n) is 5.76. The predicted molar refractivity (Wildman–Crippen MR) is 67.7 cm³/mol. The van der Waals surface area contributed by atoms with E-state index < -0.39 is 7.14 Å². The van der Waals surface area contributed by atoms with Gasteiger partial charge in [-0.1, -0.05) is 0 Å². The van der Waals surface area contributed by atoms with Gasteiger partial charge in [-0.15, -0.1) is 0 Å². The second-order valence-corrected chi connectivity index (χ2v) is 10.5. The summed E-state index contributed by atoms with van der Waals surface area (Å²) in [4.78, 5) is 0. The van der Waals surface area contributed by atoms with Crippen LogP contribution in [-0.2, 0) is 4.57 Å². The summed E-state index contributed by atoms with van der Waals surface area (Å²) >= 11 is 0.475. The molecule has 0 atom stereocenters. The Morgan fingerprint density at radius 1 is 1.13 bits per heavy atom. The predicted octanol–water partition coefficient (Wildman–Crippen LogP) is 4.12. The second kappa shape index (κ2) is 4.62. The molecule has 0 N–H and O–H groups in total. The van der Waals surface area contributed by atoms with E-state index in [1.807, 2.05) is 0 Å². The van der Waals surface area contributed by atoms with Crippen LogP contribution in [0.5, 0.6) is 0 Å². The third-order valence-electron chi connectivity index (χ3n) is 3.23. The van der Waals surface area contributed by atoms with E-state index in [0.717, 1.165) is 0 Å². The molecule has 2 rings (SSSR count). The molecule has 2 aliphatic rings. The topological polar surface area (TPSA) is 17.1 Å². The molecule has 0 saturated heterocycles. The molecule has 0 aromatic carbocycles. The molecular formula is C12H19OPSe. The molecule has 0 aromatic heterocycles. The summed E-state index contributed by atoms with van der Waals surface area (Å²) in [5.74, 6) is 4.24. The van der Waals surface area contributed by atoms with Gasteiger partial charge in [-0.25, -0.2) is 0 Å². The van der Waals surface area contributed by atoms with Crippen LogP contribution >= 0.6 is 7.14 Å². The van der Waals surface area contributed by atoms with Gasteiger partial charge in [-0.3, -0.25) is 0 Å². The van der Waals surface area contributed by atoms with Crippen molar-refractivity contribution in [1.29, 1.82) is 0 Å². The summed E-state index contributed by atoms with van der Waals surface area (Å²) in [6, 6.07) is 0. The van der Waals surface area contributed by atoms with E-state index in [1.165, 1.54) is 41.0 Å². The minimum absolute atomic E-state index is 0.465. The molecule has 0 amide bonds. The fourth-order valence-corrected chi connectivity index (χ4v) is 9.32. The molecule has 0 aromatic rings. The van der Waals surface area contributed by atoms with Gasteiger partial charge in [0.1, 0.15) is 0 Å². The Kier molecular flexibility index (Phi) is 3.60. The quantitative estimate of drug-likeness (QED) is 0.524. The zero-order valence-corrected chi connectivity index (χ0v) is 12.1. The van der Waals surface area contributed by atoms with Gasteiger partial charge in [0.25, 0.3) is 0 Å². The Morgan fingerprint density at radius 3 is 2.20 bits per heavy atom. The molecule has 0 bridgehead atoms. The van der Waals surface area contributed by atoms with Gasteiger partial charge in [-0.05, 0) is 0 Å². The maximum atomic E-state index is 12.9. The Hall–Kier alpha value is 0.229. The van der Waals surface area contributed by atoms with Gasteiger partial charge in [0.05, 0.1) is 0 Å². The number of rotatable bonds is 1. The van der Waals surface area contributed by atoms with E-state index in [-0.39, 0.29) is 0 Å². The van der Waals surface area contributed by atoms with Crippen LogP contribution in [-0.4, -0.2) is 20.6 Å².